The van der Waals surface area contributed by atoms with E-state index in [0.29, 0.717) is 17.9 Å². The van der Waals surface area contributed by atoms with Crippen LogP contribution >= 0.6 is 0 Å². The van der Waals surface area contributed by atoms with E-state index < -0.39 is 5.82 Å². The molecule has 1 aromatic carbocycles. The maximum absolute atomic E-state index is 13.1. The minimum absolute atomic E-state index is 0.124. The van der Waals surface area contributed by atoms with E-state index in [4.69, 9.17) is 10.5 Å². The van der Waals surface area contributed by atoms with E-state index in [1.165, 1.54) is 12.1 Å². The Morgan fingerprint density at radius 2 is 2.25 bits per heavy atom. The zero-order valence-corrected chi connectivity index (χ0v) is 9.13. The van der Waals surface area contributed by atoms with Crippen molar-refractivity contribution in [3.05, 3.63) is 29.6 Å². The van der Waals surface area contributed by atoms with Crippen LogP contribution in [0.1, 0.15) is 12.5 Å². The molecule has 0 aliphatic heterocycles. The highest BCUT2D eigenvalue weighted by atomic mass is 19.1. The summed E-state index contributed by atoms with van der Waals surface area (Å²) >= 11 is 0. The first-order chi connectivity index (χ1) is 7.65. The zero-order valence-electron chi connectivity index (χ0n) is 9.13. The molecule has 3 N–H and O–H groups in total. The summed E-state index contributed by atoms with van der Waals surface area (Å²) in [5.74, 6) is -0.346. The van der Waals surface area contributed by atoms with Crippen LogP contribution in [0.4, 0.5) is 4.39 Å². The quantitative estimate of drug-likeness (QED) is 0.780. The molecule has 0 fully saturated rings. The van der Waals surface area contributed by atoms with Crippen molar-refractivity contribution in [3.63, 3.8) is 0 Å². The van der Waals surface area contributed by atoms with Gasteiger partial charge in [-0.15, -0.1) is 0 Å². The average Bonchev–Trinajstić information content (AvgIpc) is 2.26. The number of carbonyl (C=O) groups is 1. The Labute approximate surface area is 93.6 Å². The number of hydrogen-bond acceptors (Lipinski definition) is 3. The molecule has 0 aliphatic carbocycles. The standard InChI is InChI=1S/C11H15FN2O2/c1-2-14-11(15)7-16-10-4-8(6-13)3-9(12)5-10/h3-5H,2,6-7,13H2,1H3,(H,14,15). The topological polar surface area (TPSA) is 64.3 Å². The minimum Gasteiger partial charge on any atom is -0.484 e. The van der Waals surface area contributed by atoms with E-state index in [1.54, 1.807) is 6.07 Å². The Kier molecular flexibility index (Phi) is 4.72. The molecule has 0 heterocycles. The number of nitrogens with one attached hydrogen (secondary N) is 1. The first kappa shape index (κ1) is 12.4. The van der Waals surface area contributed by atoms with E-state index in [9.17, 15) is 9.18 Å². The highest BCUT2D eigenvalue weighted by Crippen LogP contribution is 2.15. The number of ether oxygens (including phenoxy) is 1. The lowest BCUT2D eigenvalue weighted by Gasteiger charge is -2.07. The van der Waals surface area contributed by atoms with Crippen molar-refractivity contribution in [2.75, 3.05) is 13.2 Å². The predicted octanol–water partition coefficient (Wildman–Crippen LogP) is 0.799. The van der Waals surface area contributed by atoms with Crippen molar-refractivity contribution in [1.82, 2.24) is 5.32 Å². The van der Waals surface area contributed by atoms with E-state index in [-0.39, 0.29) is 19.1 Å². The molecule has 5 heteroatoms. The van der Waals surface area contributed by atoms with Gasteiger partial charge in [-0.25, -0.2) is 4.39 Å². The van der Waals surface area contributed by atoms with Gasteiger partial charge in [-0.05, 0) is 24.6 Å². The molecule has 1 rings (SSSR count). The lowest BCUT2D eigenvalue weighted by Crippen LogP contribution is -2.28. The molecule has 0 saturated carbocycles. The van der Waals surface area contributed by atoms with Crippen LogP contribution in [0.3, 0.4) is 0 Å². The first-order valence-electron chi connectivity index (χ1n) is 5.04. The van der Waals surface area contributed by atoms with Gasteiger partial charge in [0, 0.05) is 19.2 Å². The lowest BCUT2D eigenvalue weighted by molar-refractivity contribution is -0.122. The monoisotopic (exact) mass is 226 g/mol. The molecule has 0 aromatic heterocycles. The molecule has 0 spiro atoms. The Balaban J connectivity index is 2.59. The number of nitrogens with two attached hydrogens (primary N) is 1. The van der Waals surface area contributed by atoms with Gasteiger partial charge in [0.2, 0.25) is 0 Å². The van der Waals surface area contributed by atoms with Gasteiger partial charge in [0.1, 0.15) is 11.6 Å². The van der Waals surface area contributed by atoms with Gasteiger partial charge in [0.05, 0.1) is 0 Å². The molecule has 0 atom stereocenters. The van der Waals surface area contributed by atoms with Gasteiger partial charge in [-0.2, -0.15) is 0 Å². The number of halogens is 1. The fourth-order valence-corrected chi connectivity index (χ4v) is 1.22. The highest BCUT2D eigenvalue weighted by Gasteiger charge is 2.04. The molecule has 0 bridgehead atoms. The minimum atomic E-state index is -0.422. The van der Waals surface area contributed by atoms with Crippen LogP contribution in [0.2, 0.25) is 0 Å². The number of hydrogen-bond donors (Lipinski definition) is 2. The zero-order chi connectivity index (χ0) is 12.0. The molecule has 0 unspecified atom stereocenters. The molecular weight excluding hydrogens is 211 g/mol. The second kappa shape index (κ2) is 6.07. The summed E-state index contributed by atoms with van der Waals surface area (Å²) < 4.78 is 18.2. The third-order valence-electron chi connectivity index (χ3n) is 1.91. The molecule has 0 saturated heterocycles. The second-order valence-corrected chi connectivity index (χ2v) is 3.24. The van der Waals surface area contributed by atoms with Gasteiger partial charge in [-0.3, -0.25) is 4.79 Å². The fourth-order valence-electron chi connectivity index (χ4n) is 1.22. The summed E-state index contributed by atoms with van der Waals surface area (Å²) in [6, 6.07) is 4.17. The van der Waals surface area contributed by atoms with Crippen molar-refractivity contribution >= 4 is 5.91 Å². The smallest absolute Gasteiger partial charge is 0.257 e. The molecule has 0 radical (unpaired) electrons. The molecule has 0 aliphatic rings. The Morgan fingerprint density at radius 1 is 1.50 bits per heavy atom. The van der Waals surface area contributed by atoms with Gasteiger partial charge < -0.3 is 15.8 Å². The molecule has 1 aromatic rings. The van der Waals surface area contributed by atoms with E-state index >= 15 is 0 Å². The summed E-state index contributed by atoms with van der Waals surface area (Å²) in [7, 11) is 0. The lowest BCUT2D eigenvalue weighted by atomic mass is 10.2. The van der Waals surface area contributed by atoms with Crippen LogP contribution in [0.15, 0.2) is 18.2 Å². The van der Waals surface area contributed by atoms with Gasteiger partial charge >= 0.3 is 0 Å². The Bertz CT molecular complexity index is 369. The summed E-state index contributed by atoms with van der Waals surface area (Å²) in [5.41, 5.74) is 6.02. The predicted molar refractivity (Wildman–Crippen MR) is 58.5 cm³/mol. The SMILES string of the molecule is CCNC(=O)COc1cc(F)cc(CN)c1. The third-order valence-corrected chi connectivity index (χ3v) is 1.91. The van der Waals surface area contributed by atoms with Crippen LogP contribution in [0.25, 0.3) is 0 Å². The number of carbonyl (C=O) groups excluding carboxylic acids is 1. The van der Waals surface area contributed by atoms with Crippen molar-refractivity contribution in [2.45, 2.75) is 13.5 Å². The average molecular weight is 226 g/mol. The molecule has 88 valence electrons. The fraction of sp³-hybridized carbons (Fsp3) is 0.364. The van der Waals surface area contributed by atoms with Crippen molar-refractivity contribution in [3.8, 4) is 5.75 Å². The Hall–Kier alpha value is -1.62. The second-order valence-electron chi connectivity index (χ2n) is 3.24. The number of benzene rings is 1. The van der Waals surface area contributed by atoms with Crippen molar-refractivity contribution in [1.29, 1.82) is 0 Å². The van der Waals surface area contributed by atoms with Crippen molar-refractivity contribution < 1.29 is 13.9 Å². The van der Waals surface area contributed by atoms with Crippen LogP contribution in [-0.4, -0.2) is 19.1 Å². The summed E-state index contributed by atoms with van der Waals surface area (Å²) in [6.45, 7) is 2.46. The molecule has 1 amide bonds. The van der Waals surface area contributed by atoms with Crippen molar-refractivity contribution in [2.24, 2.45) is 5.73 Å². The van der Waals surface area contributed by atoms with Crippen LogP contribution < -0.4 is 15.8 Å². The van der Waals surface area contributed by atoms with E-state index in [1.807, 2.05) is 6.92 Å². The molecular formula is C11H15FN2O2. The normalized spacial score (nSPS) is 9.94. The van der Waals surface area contributed by atoms with Crippen LogP contribution in [-0.2, 0) is 11.3 Å². The summed E-state index contributed by atoms with van der Waals surface area (Å²) in [4.78, 5) is 11.1. The van der Waals surface area contributed by atoms with Gasteiger partial charge in [-0.1, -0.05) is 0 Å². The first-order valence-corrected chi connectivity index (χ1v) is 5.04. The highest BCUT2D eigenvalue weighted by molar-refractivity contribution is 5.77. The number of rotatable bonds is 5. The maximum Gasteiger partial charge on any atom is 0.257 e. The van der Waals surface area contributed by atoms with E-state index in [0.717, 1.165) is 0 Å². The van der Waals surface area contributed by atoms with E-state index in [2.05, 4.69) is 5.32 Å². The molecule has 4 nitrogen and oxygen atoms in total. The summed E-state index contributed by atoms with van der Waals surface area (Å²) in [6.07, 6.45) is 0. The summed E-state index contributed by atoms with van der Waals surface area (Å²) in [5, 5.41) is 2.58. The number of likely N-dealkylation sites (N-methyl/N-ethyl adjacent to an activating group) is 1. The number of amides is 1. The van der Waals surface area contributed by atoms with Crippen LogP contribution in [0.5, 0.6) is 5.75 Å². The Morgan fingerprint density at radius 3 is 2.88 bits per heavy atom. The van der Waals surface area contributed by atoms with Crippen LogP contribution in [0, 0.1) is 5.82 Å². The van der Waals surface area contributed by atoms with Gasteiger partial charge in [0.25, 0.3) is 5.91 Å². The maximum atomic E-state index is 13.1. The van der Waals surface area contributed by atoms with Gasteiger partial charge in [0.15, 0.2) is 6.61 Å². The largest absolute Gasteiger partial charge is 0.484 e. The third kappa shape index (κ3) is 3.86. The molecule has 16 heavy (non-hydrogen) atoms.